The summed E-state index contributed by atoms with van der Waals surface area (Å²) in [5, 5.41) is 28.2. The number of aliphatic hydroxyl groups excluding tert-OH is 2. The minimum absolute atomic E-state index is 0. The summed E-state index contributed by atoms with van der Waals surface area (Å²) in [5.74, 6) is 11.9. The van der Waals surface area contributed by atoms with E-state index in [4.69, 9.17) is 5.11 Å². The van der Waals surface area contributed by atoms with Gasteiger partial charge >= 0.3 is 5.97 Å². The summed E-state index contributed by atoms with van der Waals surface area (Å²) < 4.78 is 0. The highest BCUT2D eigenvalue weighted by atomic mass is 16.4. The van der Waals surface area contributed by atoms with Crippen LogP contribution in [0.25, 0.3) is 0 Å². The maximum Gasteiger partial charge on any atom is 0.303 e. The number of hydrogen-bond donors (Lipinski definition) is 3. The average Bonchev–Trinajstić information content (AvgIpc) is 3.81. The molecule has 0 spiro atoms. The Hall–Kier alpha value is -1.17. The molecule has 8 aliphatic carbocycles. The van der Waals surface area contributed by atoms with Crippen LogP contribution in [-0.4, -0.2) is 39.0 Å². The zero-order valence-corrected chi connectivity index (χ0v) is 45.4. The molecule has 0 bridgehead atoms. The Bertz CT molecular complexity index is 1500. The Morgan fingerprint density at radius 3 is 1.24 bits per heavy atom. The van der Waals surface area contributed by atoms with Gasteiger partial charge in [-0.05, 0) is 220 Å². The average molecular weight is 922 g/mol. The van der Waals surface area contributed by atoms with Crippen LogP contribution in [0.2, 0.25) is 0 Å². The van der Waals surface area contributed by atoms with E-state index in [2.05, 4.69) is 95.2 Å². The van der Waals surface area contributed by atoms with Crippen molar-refractivity contribution in [3.63, 3.8) is 0 Å². The second-order valence-electron chi connectivity index (χ2n) is 26.4. The number of carbonyl (C=O) groups is 1. The molecule has 0 radical (unpaired) electrons. The third kappa shape index (κ3) is 11.1. The molecule has 0 saturated heterocycles. The number of carboxylic acid groups (broad SMARTS) is 1. The number of allylic oxidation sites excluding steroid dienone is 2. The quantitative estimate of drug-likeness (QED) is 0.160. The fraction of sp³-hybridized carbons (Fsp3) is 0.918. The first-order valence-electron chi connectivity index (χ1n) is 28.6. The van der Waals surface area contributed by atoms with Gasteiger partial charge in [-0.1, -0.05) is 139 Å². The second-order valence-corrected chi connectivity index (χ2v) is 26.4. The van der Waals surface area contributed by atoms with Crippen LogP contribution >= 0.6 is 0 Å². The molecule has 0 unspecified atom stereocenters. The molecule has 382 valence electrons. The molecule has 5 N–H and O–H groups in total. The monoisotopic (exact) mass is 921 g/mol. The fourth-order valence-electron chi connectivity index (χ4n) is 18.6. The maximum atomic E-state index is 10.2. The molecule has 5 nitrogen and oxygen atoms in total. The number of hydrogen-bond acceptors (Lipinski definition) is 3. The smallest absolute Gasteiger partial charge is 0.303 e. The van der Waals surface area contributed by atoms with Gasteiger partial charge in [0.1, 0.15) is 0 Å². The van der Waals surface area contributed by atoms with Gasteiger partial charge in [0.05, 0.1) is 12.2 Å². The number of rotatable bonds is 13. The topological polar surface area (TPSA) is 109 Å². The van der Waals surface area contributed by atoms with Crippen molar-refractivity contribution in [1.82, 2.24) is 0 Å². The third-order valence-electron chi connectivity index (χ3n) is 22.9. The Balaban J connectivity index is 0.000000222. The molecule has 0 aromatic heterocycles. The summed E-state index contributed by atoms with van der Waals surface area (Å²) in [6, 6.07) is 0. The van der Waals surface area contributed by atoms with Gasteiger partial charge in [-0.3, -0.25) is 4.79 Å². The Morgan fingerprint density at radius 2 is 0.924 bits per heavy atom. The van der Waals surface area contributed by atoms with Crippen molar-refractivity contribution in [3.05, 3.63) is 23.3 Å². The lowest BCUT2D eigenvalue weighted by molar-refractivity contribution is -0.136. The summed E-state index contributed by atoms with van der Waals surface area (Å²) in [6.45, 7) is 31.8. The van der Waals surface area contributed by atoms with E-state index in [0.717, 1.165) is 109 Å². The first-order valence-corrected chi connectivity index (χ1v) is 28.6. The normalized spacial score (nSPS) is 41.8. The summed E-state index contributed by atoms with van der Waals surface area (Å²) >= 11 is 0. The largest absolute Gasteiger partial charge is 0.481 e. The molecule has 0 aliphatic heterocycles. The van der Waals surface area contributed by atoms with Gasteiger partial charge in [0.2, 0.25) is 0 Å². The van der Waals surface area contributed by atoms with Crippen LogP contribution in [0, 0.1) is 105 Å². The number of aliphatic carboxylic acids is 1. The number of carboxylic acids is 1. The molecule has 6 saturated carbocycles. The van der Waals surface area contributed by atoms with Gasteiger partial charge in [0.15, 0.2) is 0 Å². The number of fused-ring (bicyclic) bond motifs is 10. The minimum Gasteiger partial charge on any atom is -0.481 e. The predicted octanol–water partition coefficient (Wildman–Crippen LogP) is 15.7. The SMILES string of the molecule is CCC(=O)O.CC[C@H](CC[C@@H](C)[C@H]1CC[C@H]2[C@@H]3CC=C4C[C@@H](O)CC[C@]4(C)[C@H]3CC[C@]12C)C(C)C.CC[C@H](CC[C@@H](C)[C@H]1CC[C@H]2[C@@H]3CC=C4C[C@@H](O)CC[C@]4(C)[C@H]3CC[C@]12C)C(C)C.O. The lowest BCUT2D eigenvalue weighted by Crippen LogP contribution is -2.50. The number of aliphatic hydroxyl groups is 2. The van der Waals surface area contributed by atoms with Gasteiger partial charge in [0, 0.05) is 6.42 Å². The molecule has 8 aliphatic rings. The van der Waals surface area contributed by atoms with E-state index in [1.807, 2.05) is 0 Å². The first kappa shape index (κ1) is 55.8. The molecule has 0 aromatic carbocycles. The highest BCUT2D eigenvalue weighted by Crippen LogP contribution is 2.69. The Labute approximate surface area is 407 Å². The van der Waals surface area contributed by atoms with Gasteiger partial charge in [-0.15, -0.1) is 0 Å². The first-order chi connectivity index (χ1) is 30.7. The van der Waals surface area contributed by atoms with E-state index in [-0.39, 0.29) is 24.1 Å². The van der Waals surface area contributed by atoms with Crippen LogP contribution in [0.5, 0.6) is 0 Å². The van der Waals surface area contributed by atoms with Crippen LogP contribution in [-0.2, 0) is 4.79 Å². The van der Waals surface area contributed by atoms with Gasteiger partial charge < -0.3 is 20.8 Å². The molecular formula is C61H108O5. The third-order valence-corrected chi connectivity index (χ3v) is 22.9. The van der Waals surface area contributed by atoms with Crippen molar-refractivity contribution in [2.45, 2.75) is 250 Å². The standard InChI is InChI=1S/2C29H50O.C3H6O2.H2O/c2*1-7-21(19(2)3)9-8-20(4)25-12-13-26-24-11-10-22-18-23(30)14-16-28(22,5)27(24)15-17-29(25,26)6;1-2-3(4)5;/h2*10,19-21,23-27,30H,7-9,11-18H2,1-6H3;2H2,1H3,(H,4,5);1H2/t2*20-,21-,23+,24+,25-,26+,27+,28+,29-;;/m11../s1. The van der Waals surface area contributed by atoms with Crippen molar-refractivity contribution in [2.24, 2.45) is 105 Å². The minimum atomic E-state index is -0.745. The van der Waals surface area contributed by atoms with Crippen LogP contribution in [0.3, 0.4) is 0 Å². The Kier molecular flexibility index (Phi) is 19.4. The predicted molar refractivity (Wildman–Crippen MR) is 278 cm³/mol. The summed E-state index contributed by atoms with van der Waals surface area (Å²) in [4.78, 5) is 9.37. The molecule has 66 heavy (non-hydrogen) atoms. The van der Waals surface area contributed by atoms with Gasteiger partial charge in [-0.25, -0.2) is 0 Å². The van der Waals surface area contributed by atoms with Gasteiger partial charge in [-0.2, -0.15) is 0 Å². The van der Waals surface area contributed by atoms with Crippen molar-refractivity contribution < 1.29 is 25.6 Å². The van der Waals surface area contributed by atoms with E-state index < -0.39 is 5.97 Å². The van der Waals surface area contributed by atoms with Crippen LogP contribution in [0.4, 0.5) is 0 Å². The molecular weight excluding hydrogens is 813 g/mol. The van der Waals surface area contributed by atoms with Crippen molar-refractivity contribution in [2.75, 3.05) is 0 Å². The van der Waals surface area contributed by atoms with Gasteiger partial charge in [0.25, 0.3) is 0 Å². The van der Waals surface area contributed by atoms with E-state index >= 15 is 0 Å². The van der Waals surface area contributed by atoms with Crippen LogP contribution in [0.15, 0.2) is 23.3 Å². The highest BCUT2D eigenvalue weighted by molar-refractivity contribution is 5.66. The highest BCUT2D eigenvalue weighted by Gasteiger charge is 2.61. The second kappa shape index (κ2) is 22.9. The summed E-state index contributed by atoms with van der Waals surface area (Å²) in [5.41, 5.74) is 5.17. The van der Waals surface area contributed by atoms with Crippen LogP contribution < -0.4 is 0 Å². The van der Waals surface area contributed by atoms with Crippen LogP contribution in [0.1, 0.15) is 238 Å². The molecule has 8 rings (SSSR count). The lowest BCUT2D eigenvalue weighted by Gasteiger charge is -2.58. The Morgan fingerprint density at radius 1 is 0.561 bits per heavy atom. The van der Waals surface area contributed by atoms with Crippen molar-refractivity contribution >= 4 is 5.97 Å². The molecule has 0 aromatic rings. The van der Waals surface area contributed by atoms with Crippen molar-refractivity contribution in [3.8, 4) is 0 Å². The molecule has 0 amide bonds. The summed E-state index contributed by atoms with van der Waals surface area (Å²) in [6.07, 6.45) is 34.4. The van der Waals surface area contributed by atoms with Crippen molar-refractivity contribution in [1.29, 1.82) is 0 Å². The molecule has 18 atom stereocenters. The zero-order chi connectivity index (χ0) is 47.6. The van der Waals surface area contributed by atoms with E-state index in [1.165, 1.54) is 116 Å². The van der Waals surface area contributed by atoms with E-state index in [0.29, 0.717) is 21.7 Å². The van der Waals surface area contributed by atoms with E-state index in [1.54, 1.807) is 18.1 Å². The fourth-order valence-corrected chi connectivity index (χ4v) is 18.6. The molecule has 5 heteroatoms. The summed E-state index contributed by atoms with van der Waals surface area (Å²) in [7, 11) is 0. The molecule has 6 fully saturated rings. The molecule has 0 heterocycles. The zero-order valence-electron chi connectivity index (χ0n) is 45.4. The van der Waals surface area contributed by atoms with E-state index in [9.17, 15) is 15.0 Å². The maximum absolute atomic E-state index is 10.2. The lowest BCUT2D eigenvalue weighted by atomic mass is 9.47.